The van der Waals surface area contributed by atoms with Crippen molar-refractivity contribution < 1.29 is 4.74 Å². The van der Waals surface area contributed by atoms with Gasteiger partial charge in [-0.25, -0.2) is 0 Å². The van der Waals surface area contributed by atoms with E-state index < -0.39 is 0 Å². The van der Waals surface area contributed by atoms with Gasteiger partial charge in [-0.3, -0.25) is 0 Å². The van der Waals surface area contributed by atoms with Crippen molar-refractivity contribution in [3.63, 3.8) is 0 Å². The standard InChI is InChI=1S/C10H21NO.3C2H6/c1-5-10(7-11(3)4)6-9(2)12-8-10;3*1-2/h9H,5-8H2,1-4H3;3*1-2H3. The Morgan fingerprint density at radius 1 is 1.06 bits per heavy atom. The average Bonchev–Trinajstić information content (AvgIpc) is 2.78. The lowest BCUT2D eigenvalue weighted by Gasteiger charge is -2.29. The second-order valence-corrected chi connectivity index (χ2v) is 4.42. The summed E-state index contributed by atoms with van der Waals surface area (Å²) < 4.78 is 5.63. The van der Waals surface area contributed by atoms with Crippen molar-refractivity contribution in [2.24, 2.45) is 5.41 Å². The maximum absolute atomic E-state index is 5.63. The third kappa shape index (κ3) is 9.90. The third-order valence-electron chi connectivity index (χ3n) is 2.80. The van der Waals surface area contributed by atoms with Crippen LogP contribution in [0.15, 0.2) is 0 Å². The van der Waals surface area contributed by atoms with Crippen LogP contribution in [0.1, 0.15) is 68.2 Å². The van der Waals surface area contributed by atoms with Crippen molar-refractivity contribution in [2.45, 2.75) is 74.3 Å². The highest BCUT2D eigenvalue weighted by Crippen LogP contribution is 2.35. The minimum atomic E-state index is 0.433. The van der Waals surface area contributed by atoms with Gasteiger partial charge in [-0.2, -0.15) is 0 Å². The molecule has 0 saturated carbocycles. The first-order chi connectivity index (χ1) is 8.58. The number of nitrogens with zero attached hydrogens (tertiary/aromatic N) is 1. The molecule has 0 aromatic carbocycles. The first kappa shape index (κ1) is 23.0. The van der Waals surface area contributed by atoms with Crippen LogP contribution < -0.4 is 0 Å². The Morgan fingerprint density at radius 2 is 1.50 bits per heavy atom. The van der Waals surface area contributed by atoms with Gasteiger partial charge < -0.3 is 9.64 Å². The molecule has 1 aliphatic rings. The van der Waals surface area contributed by atoms with Crippen molar-refractivity contribution >= 4 is 0 Å². The fourth-order valence-electron chi connectivity index (χ4n) is 2.19. The third-order valence-corrected chi connectivity index (χ3v) is 2.80. The Bertz CT molecular complexity index is 148. The van der Waals surface area contributed by atoms with Crippen LogP contribution in [0.5, 0.6) is 0 Å². The largest absolute Gasteiger partial charge is 0.378 e. The van der Waals surface area contributed by atoms with Gasteiger partial charge in [-0.15, -0.1) is 0 Å². The van der Waals surface area contributed by atoms with Crippen LogP contribution in [-0.4, -0.2) is 38.3 Å². The maximum Gasteiger partial charge on any atom is 0.0553 e. The molecule has 2 atom stereocenters. The van der Waals surface area contributed by atoms with E-state index >= 15 is 0 Å². The number of ether oxygens (including phenoxy) is 1. The second-order valence-electron chi connectivity index (χ2n) is 4.42. The molecule has 1 rings (SSSR count). The van der Waals surface area contributed by atoms with Gasteiger partial charge in [0.2, 0.25) is 0 Å². The summed E-state index contributed by atoms with van der Waals surface area (Å²) in [5, 5.41) is 0. The summed E-state index contributed by atoms with van der Waals surface area (Å²) in [7, 11) is 4.28. The summed E-state index contributed by atoms with van der Waals surface area (Å²) in [6, 6.07) is 0. The zero-order valence-corrected chi connectivity index (χ0v) is 14.8. The Morgan fingerprint density at radius 3 is 1.72 bits per heavy atom. The Kier molecular flexibility index (Phi) is 19.2. The van der Waals surface area contributed by atoms with Gasteiger partial charge in [0, 0.05) is 12.0 Å². The zero-order valence-electron chi connectivity index (χ0n) is 14.8. The van der Waals surface area contributed by atoms with Crippen molar-refractivity contribution in [1.82, 2.24) is 4.90 Å². The van der Waals surface area contributed by atoms with E-state index in [1.807, 2.05) is 41.5 Å². The summed E-state index contributed by atoms with van der Waals surface area (Å²) in [4.78, 5) is 2.27. The molecule has 0 aromatic heterocycles. The van der Waals surface area contributed by atoms with E-state index in [1.54, 1.807) is 0 Å². The molecule has 2 nitrogen and oxygen atoms in total. The van der Waals surface area contributed by atoms with Crippen LogP contribution in [0.25, 0.3) is 0 Å². The monoisotopic (exact) mass is 261 g/mol. The molecule has 1 fully saturated rings. The predicted molar refractivity (Wildman–Crippen MR) is 85.4 cm³/mol. The molecule has 0 amide bonds. The van der Waals surface area contributed by atoms with E-state index in [1.165, 1.54) is 12.8 Å². The molecule has 1 saturated heterocycles. The highest BCUT2D eigenvalue weighted by molar-refractivity contribution is 4.87. The van der Waals surface area contributed by atoms with Crippen molar-refractivity contribution in [1.29, 1.82) is 0 Å². The summed E-state index contributed by atoms with van der Waals surface area (Å²) in [5.41, 5.74) is 0.433. The van der Waals surface area contributed by atoms with Crippen LogP contribution >= 0.6 is 0 Å². The summed E-state index contributed by atoms with van der Waals surface area (Å²) in [6.45, 7) is 18.6. The molecule has 18 heavy (non-hydrogen) atoms. The van der Waals surface area contributed by atoms with E-state index in [2.05, 4.69) is 32.8 Å². The van der Waals surface area contributed by atoms with Gasteiger partial charge in [0.15, 0.2) is 0 Å². The zero-order chi connectivity index (χ0) is 15.2. The van der Waals surface area contributed by atoms with Gasteiger partial charge in [0.1, 0.15) is 0 Å². The highest BCUT2D eigenvalue weighted by Gasteiger charge is 2.37. The van der Waals surface area contributed by atoms with Gasteiger partial charge in [0.25, 0.3) is 0 Å². The van der Waals surface area contributed by atoms with Crippen LogP contribution in [0.2, 0.25) is 0 Å². The van der Waals surface area contributed by atoms with E-state index in [9.17, 15) is 0 Å². The molecule has 2 unspecified atom stereocenters. The number of hydrogen-bond acceptors (Lipinski definition) is 2. The predicted octanol–water partition coefficient (Wildman–Crippen LogP) is 4.83. The molecule has 0 spiro atoms. The van der Waals surface area contributed by atoms with E-state index in [0.717, 1.165) is 13.2 Å². The minimum absolute atomic E-state index is 0.433. The SMILES string of the molecule is CC.CC.CC.CCC1(CN(C)C)COC(C)C1. The Balaban J connectivity index is -0.000000328. The first-order valence-electron chi connectivity index (χ1n) is 7.84. The topological polar surface area (TPSA) is 12.5 Å². The summed E-state index contributed by atoms with van der Waals surface area (Å²) in [6.07, 6.45) is 2.92. The second kappa shape index (κ2) is 15.0. The lowest BCUT2D eigenvalue weighted by atomic mass is 9.82. The normalized spacial score (nSPS) is 25.2. The molecule has 0 aliphatic carbocycles. The van der Waals surface area contributed by atoms with E-state index in [4.69, 9.17) is 4.74 Å². The Labute approximate surface area is 117 Å². The van der Waals surface area contributed by atoms with Crippen LogP contribution in [-0.2, 0) is 4.74 Å². The molecule has 1 aliphatic heterocycles. The van der Waals surface area contributed by atoms with E-state index in [0.29, 0.717) is 11.5 Å². The van der Waals surface area contributed by atoms with Crippen LogP contribution in [0, 0.1) is 5.41 Å². The molecule has 114 valence electrons. The smallest absolute Gasteiger partial charge is 0.0553 e. The first-order valence-corrected chi connectivity index (χ1v) is 7.84. The Hall–Kier alpha value is -0.0800. The lowest BCUT2D eigenvalue weighted by Crippen LogP contribution is -2.33. The van der Waals surface area contributed by atoms with Crippen molar-refractivity contribution in [2.75, 3.05) is 27.2 Å². The summed E-state index contributed by atoms with van der Waals surface area (Å²) in [5.74, 6) is 0. The molecule has 2 heteroatoms. The van der Waals surface area contributed by atoms with Crippen LogP contribution in [0.4, 0.5) is 0 Å². The fraction of sp³-hybridized carbons (Fsp3) is 1.00. The molecule has 0 radical (unpaired) electrons. The molecule has 0 aromatic rings. The highest BCUT2D eigenvalue weighted by atomic mass is 16.5. The molecule has 0 N–H and O–H groups in total. The van der Waals surface area contributed by atoms with Gasteiger partial charge in [0.05, 0.1) is 12.7 Å². The number of rotatable bonds is 3. The van der Waals surface area contributed by atoms with Crippen molar-refractivity contribution in [3.05, 3.63) is 0 Å². The minimum Gasteiger partial charge on any atom is -0.378 e. The van der Waals surface area contributed by atoms with Crippen LogP contribution in [0.3, 0.4) is 0 Å². The lowest BCUT2D eigenvalue weighted by molar-refractivity contribution is 0.0945. The molecular formula is C16H39NO. The fourth-order valence-corrected chi connectivity index (χ4v) is 2.19. The summed E-state index contributed by atoms with van der Waals surface area (Å²) >= 11 is 0. The quantitative estimate of drug-likeness (QED) is 0.721. The molecular weight excluding hydrogens is 222 g/mol. The van der Waals surface area contributed by atoms with Gasteiger partial charge >= 0.3 is 0 Å². The maximum atomic E-state index is 5.63. The average molecular weight is 261 g/mol. The molecule has 1 heterocycles. The van der Waals surface area contributed by atoms with Crippen molar-refractivity contribution in [3.8, 4) is 0 Å². The van der Waals surface area contributed by atoms with Gasteiger partial charge in [-0.05, 0) is 33.9 Å². The number of hydrogen-bond donors (Lipinski definition) is 0. The molecule has 0 bridgehead atoms. The van der Waals surface area contributed by atoms with Gasteiger partial charge in [-0.1, -0.05) is 48.5 Å². The van der Waals surface area contributed by atoms with E-state index in [-0.39, 0.29) is 0 Å².